The van der Waals surface area contributed by atoms with Crippen LogP contribution < -0.4 is 25.2 Å². The quantitative estimate of drug-likeness (QED) is 0.577. The SMILES string of the molecule is CCc1ccc(-n2nc(N3CCCC(C(=O)Nc4ccc(OC)cc4OC)C3)ccc2=O)cc1. The van der Waals surface area contributed by atoms with E-state index in [9.17, 15) is 9.59 Å². The predicted octanol–water partition coefficient (Wildman–Crippen LogP) is 3.67. The van der Waals surface area contributed by atoms with Crippen molar-refractivity contribution in [3.63, 3.8) is 0 Å². The first-order valence-electron chi connectivity index (χ1n) is 11.5. The van der Waals surface area contributed by atoms with E-state index in [4.69, 9.17) is 9.47 Å². The van der Waals surface area contributed by atoms with Crippen LogP contribution in [0.3, 0.4) is 0 Å². The summed E-state index contributed by atoms with van der Waals surface area (Å²) in [5.41, 5.74) is 2.34. The van der Waals surface area contributed by atoms with E-state index in [1.807, 2.05) is 24.3 Å². The van der Waals surface area contributed by atoms with Crippen molar-refractivity contribution in [1.82, 2.24) is 9.78 Å². The third kappa shape index (κ3) is 5.06. The second-order valence-corrected chi connectivity index (χ2v) is 8.30. The second-order valence-electron chi connectivity index (χ2n) is 8.30. The van der Waals surface area contributed by atoms with Crippen LogP contribution in [-0.2, 0) is 11.2 Å². The molecule has 2 aromatic carbocycles. The van der Waals surface area contributed by atoms with Gasteiger partial charge in [0.1, 0.15) is 17.3 Å². The number of ether oxygens (including phenoxy) is 2. The topological polar surface area (TPSA) is 85.7 Å². The van der Waals surface area contributed by atoms with Gasteiger partial charge in [0, 0.05) is 25.2 Å². The first-order chi connectivity index (χ1) is 16.5. The molecule has 178 valence electrons. The number of nitrogens with zero attached hydrogens (tertiary/aromatic N) is 3. The van der Waals surface area contributed by atoms with Crippen molar-refractivity contribution in [2.75, 3.05) is 37.5 Å². The van der Waals surface area contributed by atoms with Gasteiger partial charge in [-0.25, -0.2) is 0 Å². The number of nitrogens with one attached hydrogen (secondary N) is 1. The maximum absolute atomic E-state index is 13.1. The number of anilines is 2. The summed E-state index contributed by atoms with van der Waals surface area (Å²) in [5, 5.41) is 7.60. The molecule has 0 bridgehead atoms. The van der Waals surface area contributed by atoms with E-state index in [0.717, 1.165) is 31.5 Å². The smallest absolute Gasteiger partial charge is 0.271 e. The molecule has 8 heteroatoms. The molecule has 1 atom stereocenters. The zero-order chi connectivity index (χ0) is 24.1. The van der Waals surface area contributed by atoms with E-state index in [1.165, 1.54) is 16.3 Å². The molecule has 0 aliphatic carbocycles. The number of methoxy groups -OCH3 is 2. The lowest BCUT2D eigenvalue weighted by molar-refractivity contribution is -0.120. The van der Waals surface area contributed by atoms with Crippen molar-refractivity contribution >= 4 is 17.4 Å². The van der Waals surface area contributed by atoms with Gasteiger partial charge in [-0.1, -0.05) is 19.1 Å². The molecule has 0 spiro atoms. The Bertz CT molecular complexity index is 1210. The Hall–Kier alpha value is -3.81. The lowest BCUT2D eigenvalue weighted by Gasteiger charge is -2.33. The Morgan fingerprint density at radius 2 is 1.88 bits per heavy atom. The van der Waals surface area contributed by atoms with Gasteiger partial charge >= 0.3 is 0 Å². The number of piperidine rings is 1. The molecule has 0 saturated carbocycles. The zero-order valence-corrected chi connectivity index (χ0v) is 19.8. The molecule has 1 saturated heterocycles. The molecule has 3 aromatic rings. The highest BCUT2D eigenvalue weighted by Gasteiger charge is 2.27. The van der Waals surface area contributed by atoms with E-state index in [1.54, 1.807) is 38.5 Å². The van der Waals surface area contributed by atoms with Gasteiger partial charge in [-0.05, 0) is 55.2 Å². The molecule has 1 unspecified atom stereocenters. The molecule has 34 heavy (non-hydrogen) atoms. The normalized spacial score (nSPS) is 15.6. The number of hydrogen-bond acceptors (Lipinski definition) is 6. The summed E-state index contributed by atoms with van der Waals surface area (Å²) in [6, 6.07) is 16.4. The van der Waals surface area contributed by atoms with E-state index in [-0.39, 0.29) is 17.4 Å². The Labute approximate surface area is 199 Å². The summed E-state index contributed by atoms with van der Waals surface area (Å²) < 4.78 is 12.0. The molecular formula is C26H30N4O4. The van der Waals surface area contributed by atoms with Crippen LogP contribution >= 0.6 is 0 Å². The van der Waals surface area contributed by atoms with E-state index >= 15 is 0 Å². The summed E-state index contributed by atoms with van der Waals surface area (Å²) in [7, 11) is 3.14. The number of carbonyl (C=O) groups is 1. The largest absolute Gasteiger partial charge is 0.497 e. The first kappa shape index (κ1) is 23.4. The molecule has 2 heterocycles. The fourth-order valence-electron chi connectivity index (χ4n) is 4.16. The van der Waals surface area contributed by atoms with E-state index in [2.05, 4.69) is 22.2 Å². The van der Waals surface area contributed by atoms with Gasteiger partial charge in [-0.2, -0.15) is 4.68 Å². The average Bonchev–Trinajstić information content (AvgIpc) is 2.89. The van der Waals surface area contributed by atoms with Gasteiger partial charge in [-0.3, -0.25) is 9.59 Å². The minimum absolute atomic E-state index is 0.0726. The molecule has 1 aromatic heterocycles. The summed E-state index contributed by atoms with van der Waals surface area (Å²) >= 11 is 0. The minimum Gasteiger partial charge on any atom is -0.497 e. The molecule has 0 radical (unpaired) electrons. The highest BCUT2D eigenvalue weighted by Crippen LogP contribution is 2.30. The van der Waals surface area contributed by atoms with Crippen LogP contribution in [0.1, 0.15) is 25.3 Å². The summed E-state index contributed by atoms with van der Waals surface area (Å²) in [5.74, 6) is 1.59. The van der Waals surface area contributed by atoms with Crippen molar-refractivity contribution in [3.05, 3.63) is 70.5 Å². The fourth-order valence-corrected chi connectivity index (χ4v) is 4.16. The fraction of sp³-hybridized carbons (Fsp3) is 0.346. The van der Waals surface area contributed by atoms with Gasteiger partial charge < -0.3 is 19.7 Å². The lowest BCUT2D eigenvalue weighted by Crippen LogP contribution is -2.41. The van der Waals surface area contributed by atoms with Crippen LogP contribution in [0.15, 0.2) is 59.4 Å². The van der Waals surface area contributed by atoms with Gasteiger partial charge in [0.05, 0.1) is 31.5 Å². The van der Waals surface area contributed by atoms with Crippen LogP contribution in [0.4, 0.5) is 11.5 Å². The van der Waals surface area contributed by atoms with Crippen molar-refractivity contribution in [3.8, 4) is 17.2 Å². The van der Waals surface area contributed by atoms with Crippen LogP contribution in [0.5, 0.6) is 11.5 Å². The standard InChI is InChI=1S/C26H30N4O4/c1-4-18-7-9-20(10-8-18)30-25(31)14-13-24(28-30)29-15-5-6-19(17-29)26(32)27-22-12-11-21(33-2)16-23(22)34-3/h7-14,16,19H,4-6,15,17H2,1-3H3,(H,27,32). The van der Waals surface area contributed by atoms with Crippen LogP contribution in [0.25, 0.3) is 5.69 Å². The summed E-state index contributed by atoms with van der Waals surface area (Å²) in [6.45, 7) is 3.38. The van der Waals surface area contributed by atoms with Gasteiger partial charge in [-0.15, -0.1) is 5.10 Å². The monoisotopic (exact) mass is 462 g/mol. The second kappa shape index (κ2) is 10.4. The molecule has 1 aliphatic heterocycles. The molecule has 4 rings (SSSR count). The van der Waals surface area contributed by atoms with Gasteiger partial charge in [0.25, 0.3) is 5.56 Å². The maximum atomic E-state index is 13.1. The predicted molar refractivity (Wildman–Crippen MR) is 132 cm³/mol. The van der Waals surface area contributed by atoms with E-state index < -0.39 is 0 Å². The van der Waals surface area contributed by atoms with Crippen molar-refractivity contribution < 1.29 is 14.3 Å². The zero-order valence-electron chi connectivity index (χ0n) is 19.8. The Morgan fingerprint density at radius 1 is 1.09 bits per heavy atom. The number of rotatable bonds is 7. The number of benzene rings is 2. The van der Waals surface area contributed by atoms with Gasteiger partial charge in [0.15, 0.2) is 0 Å². The number of hydrogen-bond donors (Lipinski definition) is 1. The summed E-state index contributed by atoms with van der Waals surface area (Å²) in [6.07, 6.45) is 2.56. The highest BCUT2D eigenvalue weighted by molar-refractivity contribution is 5.94. The van der Waals surface area contributed by atoms with Crippen LogP contribution in [0, 0.1) is 5.92 Å². The van der Waals surface area contributed by atoms with E-state index in [0.29, 0.717) is 29.5 Å². The minimum atomic E-state index is -0.216. The Kier molecular flexibility index (Phi) is 7.15. The number of amides is 1. The molecular weight excluding hydrogens is 432 g/mol. The number of aryl methyl sites for hydroxylation is 1. The van der Waals surface area contributed by atoms with Gasteiger partial charge in [0.2, 0.25) is 5.91 Å². The highest BCUT2D eigenvalue weighted by atomic mass is 16.5. The Balaban J connectivity index is 1.50. The van der Waals surface area contributed by atoms with Crippen molar-refractivity contribution in [1.29, 1.82) is 0 Å². The average molecular weight is 463 g/mol. The number of carbonyl (C=O) groups excluding carboxylic acids is 1. The Morgan fingerprint density at radius 3 is 2.59 bits per heavy atom. The number of aromatic nitrogens is 2. The maximum Gasteiger partial charge on any atom is 0.271 e. The third-order valence-electron chi connectivity index (χ3n) is 6.16. The first-order valence-corrected chi connectivity index (χ1v) is 11.5. The lowest BCUT2D eigenvalue weighted by atomic mass is 9.97. The molecule has 8 nitrogen and oxygen atoms in total. The molecule has 1 N–H and O–H groups in total. The molecule has 1 aliphatic rings. The molecule has 1 amide bonds. The molecule has 1 fully saturated rings. The van der Waals surface area contributed by atoms with Crippen molar-refractivity contribution in [2.45, 2.75) is 26.2 Å². The van der Waals surface area contributed by atoms with Crippen LogP contribution in [0.2, 0.25) is 0 Å². The van der Waals surface area contributed by atoms with Crippen molar-refractivity contribution in [2.24, 2.45) is 5.92 Å². The third-order valence-corrected chi connectivity index (χ3v) is 6.16. The van der Waals surface area contributed by atoms with Crippen LogP contribution in [-0.4, -0.2) is 43.0 Å². The summed E-state index contributed by atoms with van der Waals surface area (Å²) in [4.78, 5) is 27.6.